The first-order valence-corrected chi connectivity index (χ1v) is 19.6. The van der Waals surface area contributed by atoms with Gasteiger partial charge in [-0.1, -0.05) is 54.4 Å². The van der Waals surface area contributed by atoms with Gasteiger partial charge in [-0.2, -0.15) is 0 Å². The van der Waals surface area contributed by atoms with Gasteiger partial charge in [0.1, 0.15) is 27.0 Å². The van der Waals surface area contributed by atoms with Crippen LogP contribution in [-0.2, 0) is 20.9 Å². The van der Waals surface area contributed by atoms with Gasteiger partial charge in [-0.25, -0.2) is 8.42 Å². The molecule has 1 unspecified atom stereocenters. The van der Waals surface area contributed by atoms with Crippen molar-refractivity contribution in [1.82, 2.24) is 15.1 Å². The van der Waals surface area contributed by atoms with Crippen LogP contribution < -0.4 is 10.1 Å². The minimum Gasteiger partial charge on any atom is -0.493 e. The van der Waals surface area contributed by atoms with E-state index in [1.807, 2.05) is 31.2 Å². The predicted molar refractivity (Wildman–Crippen MR) is 193 cm³/mol. The highest BCUT2D eigenvalue weighted by atomic mass is 35.5. The van der Waals surface area contributed by atoms with Gasteiger partial charge in [0.2, 0.25) is 0 Å². The molecule has 2 aliphatic rings. The second-order valence-electron chi connectivity index (χ2n) is 12.2. The Balaban J connectivity index is 1.70. The van der Waals surface area contributed by atoms with Crippen LogP contribution in [0, 0.1) is 0 Å². The highest BCUT2D eigenvalue weighted by Gasteiger charge is 2.59. The molecule has 248 valence electrons. The first kappa shape index (κ1) is 35.0. The fraction of sp³-hybridized carbons (Fsp3) is 0.457. The van der Waals surface area contributed by atoms with Crippen LogP contribution in [0.5, 0.6) is 5.75 Å². The number of halogens is 2. The molecule has 0 bridgehead atoms. The number of ether oxygens (including phenoxy) is 1. The summed E-state index contributed by atoms with van der Waals surface area (Å²) in [6.07, 6.45) is 1.75. The zero-order valence-corrected chi connectivity index (χ0v) is 30.4. The summed E-state index contributed by atoms with van der Waals surface area (Å²) in [5.41, 5.74) is 1.60. The van der Waals surface area contributed by atoms with Crippen LogP contribution in [-0.4, -0.2) is 80.8 Å². The number of aliphatic imine (C=N–C) groups is 1. The quantitative estimate of drug-likeness (QED) is 0.203. The van der Waals surface area contributed by atoms with Crippen LogP contribution in [0.15, 0.2) is 76.6 Å². The van der Waals surface area contributed by atoms with Crippen molar-refractivity contribution in [3.63, 3.8) is 0 Å². The molecule has 46 heavy (non-hydrogen) atoms. The average Bonchev–Trinajstić information content (AvgIpc) is 3.26. The van der Waals surface area contributed by atoms with Crippen LogP contribution in [0.1, 0.15) is 50.8 Å². The Hall–Kier alpha value is -2.27. The normalized spacial score (nSPS) is 23.8. The molecule has 1 fully saturated rings. The van der Waals surface area contributed by atoms with Gasteiger partial charge >= 0.3 is 0 Å². The largest absolute Gasteiger partial charge is 0.493 e. The molecule has 5 rings (SSSR count). The molecule has 0 aliphatic carbocycles. The lowest BCUT2D eigenvalue weighted by Gasteiger charge is -2.51. The maximum atomic E-state index is 11.9. The Labute approximate surface area is 288 Å². The standard InChI is InChI=1S/C35H44Cl2N4O3S2/c1-6-44-31-23-29(45-7-2)17-18-30(31)33-39-34(3,25-9-13-27(36)14-10-25)35(4,26-11-15-28(37)16-12-26)41(33)32-24-40(21-19-38-32)20-8-22-46(5,42)43/h9-18,23,32,38H,6-8,19-22,24H2,1-5H3/t32?,34-,35+/m0/s1. The van der Waals surface area contributed by atoms with E-state index < -0.39 is 20.9 Å². The van der Waals surface area contributed by atoms with Crippen molar-refractivity contribution in [2.45, 2.75) is 56.3 Å². The molecular formula is C35H44Cl2N4O3S2. The van der Waals surface area contributed by atoms with Crippen molar-refractivity contribution >= 4 is 50.6 Å². The topological polar surface area (TPSA) is 74.2 Å². The maximum absolute atomic E-state index is 11.9. The van der Waals surface area contributed by atoms with Gasteiger partial charge in [0.15, 0.2) is 0 Å². The maximum Gasteiger partial charge on any atom is 0.147 e. The first-order valence-electron chi connectivity index (χ1n) is 15.8. The molecule has 0 amide bonds. The third-order valence-electron chi connectivity index (χ3n) is 9.15. The average molecular weight is 704 g/mol. The van der Waals surface area contributed by atoms with Crippen molar-refractivity contribution in [2.75, 3.05) is 50.5 Å². The molecule has 2 aliphatic heterocycles. The predicted octanol–water partition coefficient (Wildman–Crippen LogP) is 7.06. The van der Waals surface area contributed by atoms with E-state index in [1.54, 1.807) is 11.8 Å². The zero-order valence-electron chi connectivity index (χ0n) is 27.2. The highest BCUT2D eigenvalue weighted by Crippen LogP contribution is 2.54. The molecule has 0 radical (unpaired) electrons. The molecular weight excluding hydrogens is 659 g/mol. The number of nitrogens with one attached hydrogen (secondary N) is 1. The van der Waals surface area contributed by atoms with E-state index in [0.717, 1.165) is 52.0 Å². The molecule has 3 atom stereocenters. The van der Waals surface area contributed by atoms with Crippen molar-refractivity contribution in [3.05, 3.63) is 93.5 Å². The summed E-state index contributed by atoms with van der Waals surface area (Å²) in [7, 11) is -3.03. The number of nitrogens with zero attached hydrogens (tertiary/aromatic N) is 3. The molecule has 1 saturated heterocycles. The van der Waals surface area contributed by atoms with E-state index in [4.69, 9.17) is 32.9 Å². The minimum atomic E-state index is -3.03. The number of sulfone groups is 1. The summed E-state index contributed by atoms with van der Waals surface area (Å²) in [6.45, 7) is 12.1. The summed E-state index contributed by atoms with van der Waals surface area (Å²) in [4.78, 5) is 11.6. The van der Waals surface area contributed by atoms with Crippen molar-refractivity contribution in [2.24, 2.45) is 4.99 Å². The Morgan fingerprint density at radius 2 is 1.65 bits per heavy atom. The molecule has 0 saturated carbocycles. The SMILES string of the molecule is CCOc1cc(SCC)ccc1C1=N[C@@](C)(c2ccc(Cl)cc2)[C@@](C)(c2ccc(Cl)cc2)N1C1CN(CCCS(C)(=O)=O)CCN1. The Morgan fingerprint density at radius 3 is 2.26 bits per heavy atom. The summed E-state index contributed by atoms with van der Waals surface area (Å²) >= 11 is 14.6. The Bertz CT molecular complexity index is 1650. The van der Waals surface area contributed by atoms with Gasteiger partial charge in [0.05, 0.1) is 29.6 Å². The lowest BCUT2D eigenvalue weighted by Crippen LogP contribution is -2.65. The number of benzene rings is 3. The number of thioether (sulfide) groups is 1. The van der Waals surface area contributed by atoms with Crippen LogP contribution >= 0.6 is 35.0 Å². The zero-order chi connectivity index (χ0) is 33.1. The summed E-state index contributed by atoms with van der Waals surface area (Å²) < 4.78 is 30.1. The van der Waals surface area contributed by atoms with Gasteiger partial charge in [-0.3, -0.25) is 15.2 Å². The van der Waals surface area contributed by atoms with E-state index >= 15 is 0 Å². The number of hydrogen-bond donors (Lipinski definition) is 1. The molecule has 7 nitrogen and oxygen atoms in total. The van der Waals surface area contributed by atoms with Gasteiger partial charge < -0.3 is 9.64 Å². The smallest absolute Gasteiger partial charge is 0.147 e. The molecule has 3 aromatic rings. The molecule has 0 aromatic heterocycles. The van der Waals surface area contributed by atoms with E-state index in [-0.39, 0.29) is 11.9 Å². The van der Waals surface area contributed by atoms with Crippen molar-refractivity contribution in [1.29, 1.82) is 0 Å². The summed E-state index contributed by atoms with van der Waals surface area (Å²) in [5.74, 6) is 2.77. The third kappa shape index (κ3) is 7.25. The summed E-state index contributed by atoms with van der Waals surface area (Å²) in [5, 5.41) is 5.14. The molecule has 2 heterocycles. The molecule has 3 aromatic carbocycles. The number of piperazine rings is 1. The van der Waals surface area contributed by atoms with E-state index in [2.05, 4.69) is 78.4 Å². The van der Waals surface area contributed by atoms with Crippen LogP contribution in [0.2, 0.25) is 10.0 Å². The second-order valence-corrected chi connectivity index (χ2v) is 16.7. The molecule has 11 heteroatoms. The van der Waals surface area contributed by atoms with Gasteiger partial charge in [0.25, 0.3) is 0 Å². The first-order chi connectivity index (χ1) is 21.9. The minimum absolute atomic E-state index is 0.139. The van der Waals surface area contributed by atoms with E-state index in [0.29, 0.717) is 36.2 Å². The van der Waals surface area contributed by atoms with Crippen molar-refractivity contribution in [3.8, 4) is 5.75 Å². The van der Waals surface area contributed by atoms with Gasteiger partial charge in [-0.05, 0) is 93.1 Å². The van der Waals surface area contributed by atoms with Crippen LogP contribution in [0.4, 0.5) is 0 Å². The van der Waals surface area contributed by atoms with Gasteiger partial charge in [-0.15, -0.1) is 11.8 Å². The lowest BCUT2D eigenvalue weighted by atomic mass is 9.70. The monoisotopic (exact) mass is 702 g/mol. The van der Waals surface area contributed by atoms with E-state index in [1.165, 1.54) is 6.26 Å². The van der Waals surface area contributed by atoms with E-state index in [9.17, 15) is 8.42 Å². The van der Waals surface area contributed by atoms with Crippen molar-refractivity contribution < 1.29 is 13.2 Å². The highest BCUT2D eigenvalue weighted by molar-refractivity contribution is 7.99. The fourth-order valence-electron chi connectivity index (χ4n) is 6.72. The number of rotatable bonds is 12. The lowest BCUT2D eigenvalue weighted by molar-refractivity contribution is 0.0362. The van der Waals surface area contributed by atoms with Crippen LogP contribution in [0.3, 0.4) is 0 Å². The Kier molecular flexibility index (Phi) is 11.0. The molecule has 0 spiro atoms. The summed E-state index contributed by atoms with van der Waals surface area (Å²) in [6, 6.07) is 22.5. The number of amidine groups is 1. The second kappa shape index (κ2) is 14.5. The number of hydrogen-bond acceptors (Lipinski definition) is 8. The Morgan fingerprint density at radius 1 is 1.00 bits per heavy atom. The van der Waals surface area contributed by atoms with Gasteiger partial charge in [0, 0.05) is 40.8 Å². The third-order valence-corrected chi connectivity index (χ3v) is 11.6. The van der Waals surface area contributed by atoms with Crippen LogP contribution in [0.25, 0.3) is 0 Å². The fourth-order valence-corrected chi connectivity index (χ4v) is 8.31. The molecule has 1 N–H and O–H groups in total.